The average Bonchev–Trinajstić information content (AvgIpc) is 2.85. The molecular formula is C26H34N4O5. The Labute approximate surface area is 205 Å². The predicted octanol–water partition coefficient (Wildman–Crippen LogP) is 1.71. The molecule has 1 aliphatic carbocycles. The molecule has 0 bridgehead atoms. The van der Waals surface area contributed by atoms with E-state index in [-0.39, 0.29) is 30.2 Å². The molecule has 1 aliphatic rings. The lowest BCUT2D eigenvalue weighted by Crippen LogP contribution is -2.49. The zero-order valence-corrected chi connectivity index (χ0v) is 20.2. The summed E-state index contributed by atoms with van der Waals surface area (Å²) in [7, 11) is 3.06. The van der Waals surface area contributed by atoms with Gasteiger partial charge in [-0.3, -0.25) is 14.9 Å². The summed E-state index contributed by atoms with van der Waals surface area (Å²) in [6.07, 6.45) is 3.04. The monoisotopic (exact) mass is 482 g/mol. The van der Waals surface area contributed by atoms with Crippen LogP contribution in [0.5, 0.6) is 11.5 Å². The molecule has 0 heterocycles. The molecule has 5 N–H and O–H groups in total. The Morgan fingerprint density at radius 1 is 1.06 bits per heavy atom. The van der Waals surface area contributed by atoms with Crippen LogP contribution in [0, 0.1) is 0 Å². The highest BCUT2D eigenvalue weighted by Crippen LogP contribution is 2.27. The van der Waals surface area contributed by atoms with Crippen LogP contribution < -0.4 is 25.8 Å². The summed E-state index contributed by atoms with van der Waals surface area (Å²) in [5.41, 5.74) is 7.64. The molecule has 0 saturated heterocycles. The summed E-state index contributed by atoms with van der Waals surface area (Å²) >= 11 is 0. The first-order valence-electron chi connectivity index (χ1n) is 11.8. The molecule has 0 aliphatic heterocycles. The number of nitrogens with zero attached hydrogens (tertiary/aromatic N) is 1. The number of carbonyl (C=O) groups excluding carboxylic acids is 2. The highest BCUT2D eigenvalue weighted by atomic mass is 16.5. The molecule has 9 nitrogen and oxygen atoms in total. The first-order chi connectivity index (χ1) is 16.9. The van der Waals surface area contributed by atoms with Gasteiger partial charge in [0.1, 0.15) is 6.04 Å². The first kappa shape index (κ1) is 26.0. The number of aliphatic hydroxyl groups is 1. The summed E-state index contributed by atoms with van der Waals surface area (Å²) in [6.45, 7) is 0. The van der Waals surface area contributed by atoms with E-state index in [0.717, 1.165) is 18.4 Å². The van der Waals surface area contributed by atoms with E-state index in [4.69, 9.17) is 15.2 Å². The fourth-order valence-corrected chi connectivity index (χ4v) is 4.16. The molecule has 0 spiro atoms. The van der Waals surface area contributed by atoms with Gasteiger partial charge in [0.15, 0.2) is 17.5 Å². The van der Waals surface area contributed by atoms with Gasteiger partial charge in [-0.1, -0.05) is 49.2 Å². The Bertz CT molecular complexity index is 1030. The molecule has 1 saturated carbocycles. The van der Waals surface area contributed by atoms with Crippen molar-refractivity contribution in [1.82, 2.24) is 10.6 Å². The highest BCUT2D eigenvalue weighted by Gasteiger charge is 2.28. The zero-order chi connectivity index (χ0) is 25.2. The van der Waals surface area contributed by atoms with Crippen molar-refractivity contribution < 1.29 is 24.2 Å². The van der Waals surface area contributed by atoms with E-state index in [2.05, 4.69) is 15.6 Å². The minimum atomic E-state index is -0.854. The summed E-state index contributed by atoms with van der Waals surface area (Å²) in [5, 5.41) is 15.7. The van der Waals surface area contributed by atoms with Crippen LogP contribution in [-0.2, 0) is 22.4 Å². The Morgan fingerprint density at radius 3 is 2.46 bits per heavy atom. The highest BCUT2D eigenvalue weighted by molar-refractivity contribution is 5.98. The second-order valence-corrected chi connectivity index (χ2v) is 8.60. The molecule has 2 aromatic carbocycles. The number of hydrogen-bond donors (Lipinski definition) is 4. The van der Waals surface area contributed by atoms with Gasteiger partial charge in [-0.05, 0) is 36.1 Å². The van der Waals surface area contributed by atoms with E-state index in [0.29, 0.717) is 36.3 Å². The number of ether oxygens (including phenoxy) is 2. The maximum atomic E-state index is 13.1. The van der Waals surface area contributed by atoms with E-state index in [1.165, 1.54) is 7.11 Å². The second-order valence-electron chi connectivity index (χ2n) is 8.60. The SMILES string of the molecule is COc1ccc(CC(=O)NC(N)=N[C@H](Cc2ccccc2)C(=O)N[C@H]2CCCC[C@@H]2O)cc1OC. The molecule has 0 unspecified atom stereocenters. The van der Waals surface area contributed by atoms with E-state index in [1.807, 2.05) is 30.3 Å². The number of nitrogens with one attached hydrogen (secondary N) is 2. The van der Waals surface area contributed by atoms with Crippen molar-refractivity contribution in [1.29, 1.82) is 0 Å². The van der Waals surface area contributed by atoms with Crippen LogP contribution in [0.4, 0.5) is 0 Å². The minimum Gasteiger partial charge on any atom is -0.493 e. The van der Waals surface area contributed by atoms with E-state index in [9.17, 15) is 14.7 Å². The van der Waals surface area contributed by atoms with Gasteiger partial charge in [0.2, 0.25) is 11.8 Å². The van der Waals surface area contributed by atoms with Gasteiger partial charge in [-0.2, -0.15) is 0 Å². The first-order valence-corrected chi connectivity index (χ1v) is 11.8. The van der Waals surface area contributed by atoms with Gasteiger partial charge in [-0.25, -0.2) is 4.99 Å². The largest absolute Gasteiger partial charge is 0.493 e. The third-order valence-corrected chi connectivity index (χ3v) is 6.01. The molecule has 188 valence electrons. The predicted molar refractivity (Wildman–Crippen MR) is 133 cm³/mol. The van der Waals surface area contributed by atoms with E-state index < -0.39 is 12.1 Å². The number of guanidine groups is 1. The summed E-state index contributed by atoms with van der Waals surface area (Å²) in [4.78, 5) is 30.0. The van der Waals surface area contributed by atoms with Crippen molar-refractivity contribution >= 4 is 17.8 Å². The fourth-order valence-electron chi connectivity index (χ4n) is 4.16. The number of aliphatic imine (C=N–C) groups is 1. The zero-order valence-electron chi connectivity index (χ0n) is 20.2. The van der Waals surface area contributed by atoms with Gasteiger partial charge < -0.3 is 25.6 Å². The quantitative estimate of drug-likeness (QED) is 0.317. The number of methoxy groups -OCH3 is 2. The molecule has 3 atom stereocenters. The maximum Gasteiger partial charge on any atom is 0.245 e. The average molecular weight is 483 g/mol. The molecule has 35 heavy (non-hydrogen) atoms. The Morgan fingerprint density at radius 2 is 1.77 bits per heavy atom. The van der Waals surface area contributed by atoms with Crippen molar-refractivity contribution in [3.63, 3.8) is 0 Å². The minimum absolute atomic E-state index is 0.0421. The maximum absolute atomic E-state index is 13.1. The van der Waals surface area contributed by atoms with Crippen molar-refractivity contribution in [2.75, 3.05) is 14.2 Å². The molecule has 0 aromatic heterocycles. The number of carbonyl (C=O) groups is 2. The van der Waals surface area contributed by atoms with Gasteiger partial charge in [0.25, 0.3) is 0 Å². The number of nitrogens with two attached hydrogens (primary N) is 1. The Hall–Kier alpha value is -3.59. The number of rotatable bonds is 9. The molecular weight excluding hydrogens is 448 g/mol. The van der Waals surface area contributed by atoms with Crippen LogP contribution in [0.2, 0.25) is 0 Å². The molecule has 2 aromatic rings. The van der Waals surface area contributed by atoms with Crippen LogP contribution in [0.3, 0.4) is 0 Å². The van der Waals surface area contributed by atoms with Gasteiger partial charge in [0, 0.05) is 6.42 Å². The Kier molecular flexibility index (Phi) is 9.48. The fraction of sp³-hybridized carbons (Fsp3) is 0.423. The molecule has 3 rings (SSSR count). The summed E-state index contributed by atoms with van der Waals surface area (Å²) in [5.74, 6) is 0.229. The Balaban J connectivity index is 1.69. The van der Waals surface area contributed by atoms with Crippen molar-refractivity contribution in [2.45, 2.75) is 56.7 Å². The van der Waals surface area contributed by atoms with E-state index in [1.54, 1.807) is 25.3 Å². The molecule has 9 heteroatoms. The number of benzene rings is 2. The van der Waals surface area contributed by atoms with Crippen LogP contribution in [0.25, 0.3) is 0 Å². The van der Waals surface area contributed by atoms with Gasteiger partial charge in [-0.15, -0.1) is 0 Å². The molecule has 1 fully saturated rings. The lowest BCUT2D eigenvalue weighted by atomic mass is 9.92. The number of aliphatic hydroxyl groups excluding tert-OH is 1. The topological polar surface area (TPSA) is 135 Å². The van der Waals surface area contributed by atoms with Crippen LogP contribution in [0.15, 0.2) is 53.5 Å². The lowest BCUT2D eigenvalue weighted by Gasteiger charge is -2.29. The third kappa shape index (κ3) is 7.71. The van der Waals surface area contributed by atoms with Crippen molar-refractivity contribution in [2.24, 2.45) is 10.7 Å². The van der Waals surface area contributed by atoms with Crippen LogP contribution in [-0.4, -0.2) is 55.3 Å². The third-order valence-electron chi connectivity index (χ3n) is 6.01. The van der Waals surface area contributed by atoms with Crippen molar-refractivity contribution in [3.8, 4) is 11.5 Å². The van der Waals surface area contributed by atoms with Gasteiger partial charge in [0.05, 0.1) is 32.8 Å². The van der Waals surface area contributed by atoms with Gasteiger partial charge >= 0.3 is 0 Å². The molecule has 2 amide bonds. The lowest BCUT2D eigenvalue weighted by molar-refractivity contribution is -0.124. The summed E-state index contributed by atoms with van der Waals surface area (Å²) in [6, 6.07) is 13.5. The van der Waals surface area contributed by atoms with E-state index >= 15 is 0 Å². The smallest absolute Gasteiger partial charge is 0.245 e. The van der Waals surface area contributed by atoms with Crippen molar-refractivity contribution in [3.05, 3.63) is 59.7 Å². The number of hydrogen-bond acceptors (Lipinski definition) is 6. The normalized spacial score (nSPS) is 18.9. The standard InChI is InChI=1S/C26H34N4O5/c1-34-22-13-12-18(15-23(22)35-2)16-24(32)30-26(27)29-20(14-17-8-4-3-5-9-17)25(33)28-19-10-6-7-11-21(19)31/h3-5,8-9,12-13,15,19-21,31H,6-7,10-11,14,16H2,1-2H3,(H,28,33)(H3,27,29,30,32)/t19-,20+,21-/m0/s1. The second kappa shape index (κ2) is 12.8. The number of amides is 2. The van der Waals surface area contributed by atoms with Crippen LogP contribution >= 0.6 is 0 Å². The molecule has 0 radical (unpaired) electrons. The summed E-state index contributed by atoms with van der Waals surface area (Å²) < 4.78 is 10.5. The van der Waals surface area contributed by atoms with Crippen LogP contribution in [0.1, 0.15) is 36.8 Å².